The van der Waals surface area contributed by atoms with Crippen molar-refractivity contribution in [1.29, 1.82) is 0 Å². The molecule has 2 atom stereocenters. The van der Waals surface area contributed by atoms with Crippen molar-refractivity contribution in [2.45, 2.75) is 64.5 Å². The maximum atomic E-state index is 14.0. The Bertz CT molecular complexity index is 1260. The van der Waals surface area contributed by atoms with E-state index in [9.17, 15) is 14.4 Å². The average Bonchev–Trinajstić information content (AvgIpc) is 3.22. The molecule has 3 saturated heterocycles. The van der Waals surface area contributed by atoms with Gasteiger partial charge in [-0.25, -0.2) is 0 Å². The second-order valence-electron chi connectivity index (χ2n) is 11.9. The van der Waals surface area contributed by atoms with Crippen LogP contribution in [0.3, 0.4) is 0 Å². The van der Waals surface area contributed by atoms with Crippen LogP contribution >= 0.6 is 23.2 Å². The molecule has 9 heteroatoms. The minimum atomic E-state index is -0.810. The van der Waals surface area contributed by atoms with Gasteiger partial charge in [-0.3, -0.25) is 14.4 Å². The molecule has 5 rings (SSSR count). The van der Waals surface area contributed by atoms with Gasteiger partial charge in [0.1, 0.15) is 6.54 Å². The van der Waals surface area contributed by atoms with Gasteiger partial charge in [0.15, 0.2) is 0 Å². The fourth-order valence-electron chi connectivity index (χ4n) is 6.62. The topological polar surface area (TPSA) is 73.0 Å². The number of nitrogens with zero attached hydrogens (tertiary/aromatic N) is 3. The number of hydrogen-bond acceptors (Lipinski definition) is 4. The van der Waals surface area contributed by atoms with Crippen molar-refractivity contribution < 1.29 is 14.4 Å². The van der Waals surface area contributed by atoms with E-state index in [-0.39, 0.29) is 36.7 Å². The number of rotatable bonds is 9. The Hall–Kier alpha value is -2.61. The maximum Gasteiger partial charge on any atom is 0.239 e. The van der Waals surface area contributed by atoms with Crippen LogP contribution in [0.15, 0.2) is 42.5 Å². The summed E-state index contributed by atoms with van der Waals surface area (Å²) in [5.41, 5.74) is 2.10. The van der Waals surface area contributed by atoms with Crippen molar-refractivity contribution in [3.63, 3.8) is 0 Å². The van der Waals surface area contributed by atoms with E-state index in [1.54, 1.807) is 4.90 Å². The molecule has 1 N–H and O–H groups in total. The molecule has 7 nitrogen and oxygen atoms in total. The lowest BCUT2D eigenvalue weighted by Crippen LogP contribution is -2.48. The number of halogens is 2. The van der Waals surface area contributed by atoms with Crippen LogP contribution in [0.2, 0.25) is 10.0 Å². The molecule has 1 spiro atoms. The third-order valence-corrected chi connectivity index (χ3v) is 9.77. The van der Waals surface area contributed by atoms with Crippen molar-refractivity contribution >= 4 is 40.9 Å². The number of carbonyl (C=O) groups excluding carboxylic acids is 3. The summed E-state index contributed by atoms with van der Waals surface area (Å²) in [6.45, 7) is 6.74. The monoisotopic (exact) mass is 598 g/mol. The van der Waals surface area contributed by atoms with Crippen LogP contribution in [0.4, 0.5) is 0 Å². The highest BCUT2D eigenvalue weighted by atomic mass is 35.5. The fraction of sp³-hybridized carbons (Fsp3) is 0.531. The SMILES string of the molecule is Cc1c(Cl)cccc1CN1CC[C@@]2(CC1=O)C[C@H](c1ccc(Cl)cc1)N(CC(=O)NCCCN1CCCCC1)C2=O. The van der Waals surface area contributed by atoms with E-state index in [0.29, 0.717) is 42.5 Å². The first-order chi connectivity index (χ1) is 19.8. The Morgan fingerprint density at radius 3 is 2.51 bits per heavy atom. The van der Waals surface area contributed by atoms with Gasteiger partial charge >= 0.3 is 0 Å². The van der Waals surface area contributed by atoms with E-state index in [1.807, 2.05) is 54.3 Å². The van der Waals surface area contributed by atoms with Crippen molar-refractivity contribution in [1.82, 2.24) is 20.0 Å². The Kier molecular flexibility index (Phi) is 9.57. The van der Waals surface area contributed by atoms with Gasteiger partial charge in [-0.2, -0.15) is 0 Å². The highest BCUT2D eigenvalue weighted by molar-refractivity contribution is 6.31. The lowest BCUT2D eigenvalue weighted by molar-refractivity contribution is -0.149. The molecule has 41 heavy (non-hydrogen) atoms. The van der Waals surface area contributed by atoms with Crippen molar-refractivity contribution in [2.75, 3.05) is 39.3 Å². The van der Waals surface area contributed by atoms with Crippen LogP contribution in [0, 0.1) is 12.3 Å². The molecular weight excluding hydrogens is 559 g/mol. The molecule has 220 valence electrons. The van der Waals surface area contributed by atoms with Crippen molar-refractivity contribution in [3.05, 3.63) is 69.2 Å². The highest BCUT2D eigenvalue weighted by Gasteiger charge is 2.55. The number of piperidine rings is 2. The molecule has 3 heterocycles. The van der Waals surface area contributed by atoms with E-state index in [1.165, 1.54) is 19.3 Å². The summed E-state index contributed by atoms with van der Waals surface area (Å²) >= 11 is 12.5. The quantitative estimate of drug-likeness (QED) is 0.393. The number of nitrogens with one attached hydrogen (secondary N) is 1. The predicted octanol–water partition coefficient (Wildman–Crippen LogP) is 5.38. The number of likely N-dealkylation sites (tertiary alicyclic amines) is 3. The summed E-state index contributed by atoms with van der Waals surface area (Å²) in [6.07, 6.45) is 5.90. The molecular formula is C32H40Cl2N4O3. The van der Waals surface area contributed by atoms with Crippen LogP contribution in [0.25, 0.3) is 0 Å². The van der Waals surface area contributed by atoms with Crippen LogP contribution in [0.5, 0.6) is 0 Å². The van der Waals surface area contributed by atoms with E-state index in [2.05, 4.69) is 10.2 Å². The van der Waals surface area contributed by atoms with E-state index >= 15 is 0 Å². The number of amides is 3. The zero-order chi connectivity index (χ0) is 29.0. The summed E-state index contributed by atoms with van der Waals surface area (Å²) in [7, 11) is 0. The minimum Gasteiger partial charge on any atom is -0.355 e. The summed E-state index contributed by atoms with van der Waals surface area (Å²) < 4.78 is 0. The van der Waals surface area contributed by atoms with Crippen LogP contribution < -0.4 is 5.32 Å². The molecule has 2 aromatic carbocycles. The highest BCUT2D eigenvalue weighted by Crippen LogP contribution is 2.50. The second kappa shape index (κ2) is 13.1. The third-order valence-electron chi connectivity index (χ3n) is 9.11. The van der Waals surface area contributed by atoms with Crippen LogP contribution in [0.1, 0.15) is 67.7 Å². The first-order valence-corrected chi connectivity index (χ1v) is 15.6. The predicted molar refractivity (Wildman–Crippen MR) is 162 cm³/mol. The smallest absolute Gasteiger partial charge is 0.239 e. The lowest BCUT2D eigenvalue weighted by atomic mass is 9.75. The molecule has 0 saturated carbocycles. The van der Waals surface area contributed by atoms with Crippen LogP contribution in [-0.2, 0) is 20.9 Å². The first kappa shape index (κ1) is 29.9. The summed E-state index contributed by atoms with van der Waals surface area (Å²) in [4.78, 5) is 46.5. The molecule has 0 unspecified atom stereocenters. The molecule has 0 aromatic heterocycles. The second-order valence-corrected chi connectivity index (χ2v) is 12.7. The van der Waals surface area contributed by atoms with Crippen molar-refractivity contribution in [2.24, 2.45) is 5.41 Å². The number of benzene rings is 2. The zero-order valence-corrected chi connectivity index (χ0v) is 25.4. The first-order valence-electron chi connectivity index (χ1n) is 14.8. The maximum absolute atomic E-state index is 14.0. The van der Waals surface area contributed by atoms with Crippen molar-refractivity contribution in [3.8, 4) is 0 Å². The van der Waals surface area contributed by atoms with Gasteiger partial charge in [-0.15, -0.1) is 0 Å². The lowest BCUT2D eigenvalue weighted by Gasteiger charge is -2.37. The summed E-state index contributed by atoms with van der Waals surface area (Å²) in [5.74, 6) is -0.302. The van der Waals surface area contributed by atoms with Gasteiger partial charge in [0, 0.05) is 36.1 Å². The molecule has 3 fully saturated rings. The molecule has 2 aromatic rings. The Morgan fingerprint density at radius 1 is 1.02 bits per heavy atom. The number of carbonyl (C=O) groups is 3. The summed E-state index contributed by atoms with van der Waals surface area (Å²) in [6, 6.07) is 12.9. The Labute approximate surface area is 253 Å². The third kappa shape index (κ3) is 6.90. The molecule has 0 bridgehead atoms. The van der Waals surface area contributed by atoms with Gasteiger partial charge in [-0.1, -0.05) is 53.9 Å². The van der Waals surface area contributed by atoms with Gasteiger partial charge in [0.05, 0.1) is 11.5 Å². The molecule has 3 aliphatic rings. The molecule has 3 amide bonds. The Balaban J connectivity index is 1.25. The largest absolute Gasteiger partial charge is 0.355 e. The van der Waals surface area contributed by atoms with E-state index in [0.717, 1.165) is 42.7 Å². The molecule has 0 radical (unpaired) electrons. The van der Waals surface area contributed by atoms with Gasteiger partial charge in [0.25, 0.3) is 0 Å². The Morgan fingerprint density at radius 2 is 1.78 bits per heavy atom. The minimum absolute atomic E-state index is 0.0167. The number of hydrogen-bond donors (Lipinski definition) is 1. The zero-order valence-electron chi connectivity index (χ0n) is 23.8. The molecule has 0 aliphatic carbocycles. The fourth-order valence-corrected chi connectivity index (χ4v) is 6.94. The standard InChI is InChI=1S/C32H40Cl2N4O3/c1-23-25(7-5-8-27(23)34)21-37-18-13-32(20-30(37)40)19-28(24-9-11-26(33)12-10-24)38(31(32)41)22-29(39)35-14-6-17-36-15-3-2-4-16-36/h5,7-12,28H,2-4,6,13-22H2,1H3,(H,35,39)/t28-,32+/m1/s1. The van der Waals surface area contributed by atoms with Gasteiger partial charge in [-0.05, 0) is 93.6 Å². The van der Waals surface area contributed by atoms with Crippen LogP contribution in [-0.4, -0.2) is 71.7 Å². The van der Waals surface area contributed by atoms with Gasteiger partial charge < -0.3 is 20.0 Å². The summed E-state index contributed by atoms with van der Waals surface area (Å²) in [5, 5.41) is 4.33. The normalized spacial score (nSPS) is 23.4. The van der Waals surface area contributed by atoms with E-state index in [4.69, 9.17) is 23.2 Å². The molecule has 3 aliphatic heterocycles. The average molecular weight is 600 g/mol. The van der Waals surface area contributed by atoms with E-state index < -0.39 is 5.41 Å². The van der Waals surface area contributed by atoms with Gasteiger partial charge in [0.2, 0.25) is 17.7 Å².